The number of nitrogens with one attached hydrogen (secondary N) is 3. The number of para-hydroxylation sites is 1. The van der Waals surface area contributed by atoms with Crippen LogP contribution in [0.1, 0.15) is 16.1 Å². The van der Waals surface area contributed by atoms with Gasteiger partial charge in [-0.15, -0.1) is 0 Å². The van der Waals surface area contributed by atoms with Gasteiger partial charge in [0.15, 0.2) is 0 Å². The predicted molar refractivity (Wildman–Crippen MR) is 139 cm³/mol. The predicted octanol–water partition coefficient (Wildman–Crippen LogP) is 5.16. The maximum atomic E-state index is 13.2. The maximum Gasteiger partial charge on any atom is 0.274 e. The molecular formula is C28H22N4O4. The first-order valence-corrected chi connectivity index (χ1v) is 11.1. The molecule has 2 amide bonds. The summed E-state index contributed by atoms with van der Waals surface area (Å²) in [6.45, 7) is 0. The Morgan fingerprint density at radius 1 is 0.972 bits per heavy atom. The van der Waals surface area contributed by atoms with Crippen LogP contribution >= 0.6 is 0 Å². The minimum Gasteiger partial charge on any atom is -0.497 e. The van der Waals surface area contributed by atoms with Crippen LogP contribution in [0.25, 0.3) is 39.1 Å². The lowest BCUT2D eigenvalue weighted by Gasteiger charge is -2.09. The number of hydrogen-bond donors (Lipinski definition) is 4. The highest BCUT2D eigenvalue weighted by atomic mass is 16.5. The van der Waals surface area contributed by atoms with E-state index in [1.807, 2.05) is 48.5 Å². The molecule has 4 N–H and O–H groups in total. The fraction of sp³-hybridized carbons (Fsp3) is 0.0357. The minimum atomic E-state index is -0.626. The van der Waals surface area contributed by atoms with Crippen LogP contribution in [0.15, 0.2) is 84.9 Å². The Kier molecular flexibility index (Phi) is 6.17. The first kappa shape index (κ1) is 22.8. The molecule has 0 aliphatic rings. The molecule has 0 saturated heterocycles. The minimum absolute atomic E-state index is 0.279. The monoisotopic (exact) mass is 478 g/mol. The molecule has 0 bridgehead atoms. The highest BCUT2D eigenvalue weighted by Gasteiger charge is 2.17. The Hall–Kier alpha value is -4.95. The summed E-state index contributed by atoms with van der Waals surface area (Å²) in [5.74, 6) is -0.241. The van der Waals surface area contributed by atoms with Gasteiger partial charge < -0.3 is 15.0 Å². The second-order valence-corrected chi connectivity index (χ2v) is 8.06. The van der Waals surface area contributed by atoms with E-state index in [4.69, 9.17) is 14.9 Å². The molecule has 8 heteroatoms. The highest BCUT2D eigenvalue weighted by Crippen LogP contribution is 2.33. The third-order valence-electron chi connectivity index (χ3n) is 5.80. The average Bonchev–Trinajstić information content (AvgIpc) is 3.30. The van der Waals surface area contributed by atoms with Gasteiger partial charge in [-0.25, -0.2) is 10.5 Å². The second kappa shape index (κ2) is 9.73. The van der Waals surface area contributed by atoms with Crippen LogP contribution in [0.3, 0.4) is 0 Å². The van der Waals surface area contributed by atoms with Crippen molar-refractivity contribution >= 4 is 45.4 Å². The summed E-state index contributed by atoms with van der Waals surface area (Å²) in [4.78, 5) is 32.6. The number of nitrogens with zero attached hydrogens (tertiary/aromatic N) is 1. The zero-order chi connectivity index (χ0) is 25.1. The quantitative estimate of drug-likeness (QED) is 0.153. The number of methoxy groups -OCH3 is 1. The fourth-order valence-corrected chi connectivity index (χ4v) is 4.00. The highest BCUT2D eigenvalue weighted by molar-refractivity contribution is 6.14. The van der Waals surface area contributed by atoms with E-state index in [1.54, 1.807) is 43.5 Å². The molecule has 0 unspecified atom stereocenters. The fourth-order valence-electron chi connectivity index (χ4n) is 4.00. The Morgan fingerprint density at radius 2 is 1.72 bits per heavy atom. The smallest absolute Gasteiger partial charge is 0.274 e. The zero-order valence-electron chi connectivity index (χ0n) is 19.3. The molecule has 0 aliphatic carbocycles. The Bertz CT molecular complexity index is 1600. The largest absolute Gasteiger partial charge is 0.497 e. The number of anilines is 1. The summed E-state index contributed by atoms with van der Waals surface area (Å²) < 4.78 is 5.28. The van der Waals surface area contributed by atoms with Crippen LogP contribution < -0.4 is 15.5 Å². The van der Waals surface area contributed by atoms with Crippen molar-refractivity contribution in [3.8, 4) is 17.0 Å². The van der Waals surface area contributed by atoms with Crippen molar-refractivity contribution < 1.29 is 19.5 Å². The summed E-state index contributed by atoms with van der Waals surface area (Å²) in [6.07, 6.45) is 2.75. The average molecular weight is 479 g/mol. The van der Waals surface area contributed by atoms with Gasteiger partial charge in [0.05, 0.1) is 18.3 Å². The van der Waals surface area contributed by atoms with Gasteiger partial charge in [0.25, 0.3) is 11.8 Å². The molecule has 0 radical (unpaired) electrons. The van der Waals surface area contributed by atoms with Crippen molar-refractivity contribution in [3.63, 3.8) is 0 Å². The number of carbonyl (C=O) groups is 2. The molecule has 0 fully saturated rings. The Labute approximate surface area is 206 Å². The Morgan fingerprint density at radius 3 is 2.44 bits per heavy atom. The number of rotatable bonds is 6. The van der Waals surface area contributed by atoms with Crippen LogP contribution in [0, 0.1) is 0 Å². The van der Waals surface area contributed by atoms with Crippen molar-refractivity contribution in [2.75, 3.05) is 12.4 Å². The number of pyridine rings is 1. The van der Waals surface area contributed by atoms with Crippen LogP contribution in [0.5, 0.6) is 5.75 Å². The molecule has 0 spiro atoms. The molecule has 2 aromatic heterocycles. The van der Waals surface area contributed by atoms with E-state index in [0.717, 1.165) is 38.7 Å². The molecule has 178 valence electrons. The number of carbonyl (C=O) groups excluding carboxylic acids is 2. The van der Waals surface area contributed by atoms with E-state index in [1.165, 1.54) is 11.6 Å². The van der Waals surface area contributed by atoms with Crippen molar-refractivity contribution in [2.24, 2.45) is 0 Å². The Balaban J connectivity index is 1.51. The molecular weight excluding hydrogens is 456 g/mol. The van der Waals surface area contributed by atoms with E-state index in [2.05, 4.69) is 10.3 Å². The number of ether oxygens (including phenoxy) is 1. The molecule has 0 saturated carbocycles. The topological polar surface area (TPSA) is 116 Å². The number of benzene rings is 3. The summed E-state index contributed by atoms with van der Waals surface area (Å²) >= 11 is 0. The number of H-pyrrole nitrogens is 1. The number of fused-ring (bicyclic) bond motifs is 3. The summed E-state index contributed by atoms with van der Waals surface area (Å²) in [7, 11) is 1.61. The normalized spacial score (nSPS) is 11.2. The number of hydrogen-bond acceptors (Lipinski definition) is 5. The molecule has 36 heavy (non-hydrogen) atoms. The van der Waals surface area contributed by atoms with Crippen molar-refractivity contribution in [1.82, 2.24) is 15.4 Å². The van der Waals surface area contributed by atoms with E-state index >= 15 is 0 Å². The molecule has 5 aromatic rings. The van der Waals surface area contributed by atoms with Crippen LogP contribution in [-0.2, 0) is 4.79 Å². The first-order chi connectivity index (χ1) is 17.6. The van der Waals surface area contributed by atoms with E-state index in [9.17, 15) is 9.59 Å². The molecule has 0 atom stereocenters. The number of amides is 2. The lowest BCUT2D eigenvalue weighted by molar-refractivity contribution is -0.124. The van der Waals surface area contributed by atoms with E-state index in [-0.39, 0.29) is 11.6 Å². The maximum absolute atomic E-state index is 13.2. The molecule has 5 rings (SSSR count). The summed E-state index contributed by atoms with van der Waals surface area (Å²) in [5.41, 5.74) is 6.45. The van der Waals surface area contributed by atoms with Crippen molar-refractivity contribution in [3.05, 3.63) is 96.2 Å². The van der Waals surface area contributed by atoms with Gasteiger partial charge in [-0.05, 0) is 60.2 Å². The summed E-state index contributed by atoms with van der Waals surface area (Å²) in [6, 6.07) is 24.2. The van der Waals surface area contributed by atoms with Crippen LogP contribution in [0.4, 0.5) is 5.69 Å². The van der Waals surface area contributed by atoms with Gasteiger partial charge in [0, 0.05) is 33.6 Å². The van der Waals surface area contributed by atoms with Gasteiger partial charge in [-0.1, -0.05) is 30.3 Å². The van der Waals surface area contributed by atoms with Crippen molar-refractivity contribution in [2.45, 2.75) is 0 Å². The molecule has 2 heterocycles. The third-order valence-corrected chi connectivity index (χ3v) is 5.80. The molecule has 0 aliphatic heterocycles. The lowest BCUT2D eigenvalue weighted by Crippen LogP contribution is -2.14. The van der Waals surface area contributed by atoms with Gasteiger partial charge in [0.1, 0.15) is 11.4 Å². The van der Waals surface area contributed by atoms with Gasteiger partial charge in [-0.2, -0.15) is 0 Å². The van der Waals surface area contributed by atoms with Crippen LogP contribution in [0.2, 0.25) is 0 Å². The van der Waals surface area contributed by atoms with E-state index < -0.39 is 5.91 Å². The SMILES string of the molecule is COc1ccc(-c2nc(C(=O)Nc3ccc(/C=C/C(=O)NO)cc3)cc3c2[nH]c2ccccc23)cc1. The number of aromatic nitrogens is 2. The molecule has 3 aromatic carbocycles. The zero-order valence-corrected chi connectivity index (χ0v) is 19.3. The number of aromatic amines is 1. The molecule has 8 nitrogen and oxygen atoms in total. The first-order valence-electron chi connectivity index (χ1n) is 11.1. The summed E-state index contributed by atoms with van der Waals surface area (Å²) in [5, 5.41) is 13.4. The lowest BCUT2D eigenvalue weighted by atomic mass is 10.1. The number of hydroxylamine groups is 1. The second-order valence-electron chi connectivity index (χ2n) is 8.06. The van der Waals surface area contributed by atoms with Gasteiger partial charge in [0.2, 0.25) is 0 Å². The van der Waals surface area contributed by atoms with Gasteiger partial charge >= 0.3 is 0 Å². The van der Waals surface area contributed by atoms with Crippen molar-refractivity contribution in [1.29, 1.82) is 0 Å². The van der Waals surface area contributed by atoms with Crippen LogP contribution in [-0.4, -0.2) is 34.1 Å². The third kappa shape index (κ3) is 4.53. The standard InChI is InChI=1S/C28H22N4O4/c1-36-20-13-9-18(10-14-20)26-27-22(21-4-2-3-5-23(21)30-27)16-24(31-26)28(34)29-19-11-6-17(7-12-19)8-15-25(33)32-35/h2-16,30,35H,1H3,(H,29,34)(H,32,33)/b15-8+. The van der Waals surface area contributed by atoms with Gasteiger partial charge in [-0.3, -0.25) is 14.8 Å². The van der Waals surface area contributed by atoms with E-state index in [0.29, 0.717) is 11.4 Å².